The van der Waals surface area contributed by atoms with Crippen molar-refractivity contribution in [3.8, 4) is 5.75 Å². The largest absolute Gasteiger partial charge is 0.483 e. The van der Waals surface area contributed by atoms with E-state index < -0.39 is 5.82 Å². The number of H-pyrrole nitrogens is 1. The Bertz CT molecular complexity index is 844. The van der Waals surface area contributed by atoms with Gasteiger partial charge in [0.1, 0.15) is 17.1 Å². The number of halogens is 1. The Balaban J connectivity index is 1.81. The molecular formula is C14H11FN2O3S. The minimum absolute atomic E-state index is 0.0419. The molecule has 3 rings (SSSR count). The highest BCUT2D eigenvalue weighted by Crippen LogP contribution is 2.19. The molecule has 0 aliphatic carbocycles. The summed E-state index contributed by atoms with van der Waals surface area (Å²) in [5, 5.41) is 10.7. The normalized spacial score (nSPS) is 11.0. The zero-order valence-corrected chi connectivity index (χ0v) is 11.6. The number of hydrogen-bond acceptors (Lipinski definition) is 5. The number of aromatic amines is 1. The third-order valence-corrected chi connectivity index (χ3v) is 3.81. The quantitative estimate of drug-likeness (QED) is 0.775. The van der Waals surface area contributed by atoms with Crippen LogP contribution in [-0.4, -0.2) is 15.1 Å². The molecule has 0 unspecified atom stereocenters. The maximum Gasteiger partial charge on any atom is 0.268 e. The lowest BCUT2D eigenvalue weighted by molar-refractivity contribution is 0.273. The van der Waals surface area contributed by atoms with Gasteiger partial charge in [0.2, 0.25) is 0 Å². The average Bonchev–Trinajstić information content (AvgIpc) is 2.95. The summed E-state index contributed by atoms with van der Waals surface area (Å²) in [6.07, 6.45) is 0. The molecule has 0 amide bonds. The van der Waals surface area contributed by atoms with Crippen molar-refractivity contribution in [1.29, 1.82) is 0 Å². The Morgan fingerprint density at radius 2 is 2.24 bits per heavy atom. The van der Waals surface area contributed by atoms with Crippen molar-refractivity contribution < 1.29 is 14.2 Å². The summed E-state index contributed by atoms with van der Waals surface area (Å²) in [6.45, 7) is -0.280. The fourth-order valence-electron chi connectivity index (χ4n) is 1.90. The summed E-state index contributed by atoms with van der Waals surface area (Å²) >= 11 is 1.31. The molecule has 2 N–H and O–H groups in total. The van der Waals surface area contributed by atoms with Gasteiger partial charge in [-0.3, -0.25) is 4.79 Å². The summed E-state index contributed by atoms with van der Waals surface area (Å²) in [7, 11) is 0. The van der Waals surface area contributed by atoms with Crippen LogP contribution in [0.2, 0.25) is 0 Å². The van der Waals surface area contributed by atoms with Crippen LogP contribution in [0.25, 0.3) is 10.2 Å². The Hall–Kier alpha value is -2.25. The molecule has 7 heteroatoms. The van der Waals surface area contributed by atoms with Gasteiger partial charge in [-0.25, -0.2) is 9.37 Å². The van der Waals surface area contributed by atoms with Gasteiger partial charge < -0.3 is 14.8 Å². The SMILES string of the molecule is O=c1[nH]c(COc2ccc(CO)cc2F)nc2ccsc12. The van der Waals surface area contributed by atoms with Crippen molar-refractivity contribution in [2.45, 2.75) is 13.2 Å². The summed E-state index contributed by atoms with van der Waals surface area (Å²) in [6, 6.07) is 5.95. The third kappa shape index (κ3) is 2.79. The second-order valence-corrected chi connectivity index (χ2v) is 5.28. The Morgan fingerprint density at radius 3 is 3.00 bits per heavy atom. The van der Waals surface area contributed by atoms with E-state index in [9.17, 15) is 9.18 Å². The molecule has 108 valence electrons. The predicted octanol–water partition coefficient (Wildman–Crippen LogP) is 2.20. The molecule has 5 nitrogen and oxygen atoms in total. The minimum atomic E-state index is -0.569. The van der Waals surface area contributed by atoms with Gasteiger partial charge in [0, 0.05) is 0 Å². The molecule has 0 aliphatic heterocycles. The molecule has 3 aromatic rings. The molecule has 0 spiro atoms. The standard InChI is InChI=1S/C14H11FN2O3S/c15-9-5-8(6-18)1-2-11(9)20-7-12-16-10-3-4-21-13(10)14(19)17-12/h1-5,18H,6-7H2,(H,16,17,19). The first-order valence-electron chi connectivity index (χ1n) is 6.16. The smallest absolute Gasteiger partial charge is 0.268 e. The molecule has 0 radical (unpaired) electrons. The van der Waals surface area contributed by atoms with E-state index in [1.54, 1.807) is 17.5 Å². The molecule has 0 fully saturated rings. The van der Waals surface area contributed by atoms with Gasteiger partial charge in [-0.05, 0) is 29.1 Å². The average molecular weight is 306 g/mol. The zero-order chi connectivity index (χ0) is 14.8. The third-order valence-electron chi connectivity index (χ3n) is 2.91. The number of aromatic nitrogens is 2. The van der Waals surface area contributed by atoms with Crippen molar-refractivity contribution >= 4 is 21.6 Å². The first-order valence-corrected chi connectivity index (χ1v) is 7.04. The van der Waals surface area contributed by atoms with Crippen LogP contribution in [0, 0.1) is 5.82 Å². The van der Waals surface area contributed by atoms with Gasteiger partial charge in [-0.15, -0.1) is 11.3 Å². The monoisotopic (exact) mass is 306 g/mol. The van der Waals surface area contributed by atoms with Crippen molar-refractivity contribution in [2.24, 2.45) is 0 Å². The summed E-state index contributed by atoms with van der Waals surface area (Å²) < 4.78 is 19.6. The van der Waals surface area contributed by atoms with Crippen LogP contribution in [0.1, 0.15) is 11.4 Å². The van der Waals surface area contributed by atoms with Crippen molar-refractivity contribution in [3.05, 3.63) is 57.2 Å². The number of rotatable bonds is 4. The van der Waals surface area contributed by atoms with Crippen LogP contribution in [-0.2, 0) is 13.2 Å². The van der Waals surface area contributed by atoms with E-state index in [-0.39, 0.29) is 24.5 Å². The van der Waals surface area contributed by atoms with Gasteiger partial charge in [0.25, 0.3) is 5.56 Å². The van der Waals surface area contributed by atoms with Crippen molar-refractivity contribution in [1.82, 2.24) is 9.97 Å². The Kier molecular flexibility index (Phi) is 3.68. The highest BCUT2D eigenvalue weighted by Gasteiger charge is 2.08. The van der Waals surface area contributed by atoms with E-state index in [0.717, 1.165) is 0 Å². The molecule has 0 saturated carbocycles. The molecule has 0 aliphatic rings. The van der Waals surface area contributed by atoms with Crippen LogP contribution in [0.15, 0.2) is 34.4 Å². The zero-order valence-electron chi connectivity index (χ0n) is 10.8. The van der Waals surface area contributed by atoms with E-state index in [1.807, 2.05) is 0 Å². The Labute approximate surface area is 122 Å². The first-order chi connectivity index (χ1) is 10.2. The number of nitrogens with one attached hydrogen (secondary N) is 1. The Morgan fingerprint density at radius 1 is 1.38 bits per heavy atom. The number of aliphatic hydroxyl groups excluding tert-OH is 1. The number of nitrogens with zero attached hydrogens (tertiary/aromatic N) is 1. The lowest BCUT2D eigenvalue weighted by Gasteiger charge is -2.07. The minimum Gasteiger partial charge on any atom is -0.483 e. The number of ether oxygens (including phenoxy) is 1. The van der Waals surface area contributed by atoms with E-state index in [1.165, 1.54) is 23.5 Å². The number of fused-ring (bicyclic) bond motifs is 1. The summed E-state index contributed by atoms with van der Waals surface area (Å²) in [4.78, 5) is 18.6. The maximum atomic E-state index is 13.7. The lowest BCUT2D eigenvalue weighted by atomic mass is 10.2. The second kappa shape index (κ2) is 5.63. The predicted molar refractivity (Wildman–Crippen MR) is 76.9 cm³/mol. The van der Waals surface area contributed by atoms with E-state index >= 15 is 0 Å². The van der Waals surface area contributed by atoms with Gasteiger partial charge in [-0.2, -0.15) is 0 Å². The van der Waals surface area contributed by atoms with Crippen LogP contribution >= 0.6 is 11.3 Å². The van der Waals surface area contributed by atoms with Crippen LogP contribution in [0.5, 0.6) is 5.75 Å². The van der Waals surface area contributed by atoms with E-state index in [0.29, 0.717) is 21.6 Å². The molecule has 2 aromatic heterocycles. The summed E-state index contributed by atoms with van der Waals surface area (Å²) in [5.41, 5.74) is 0.828. The number of benzene rings is 1. The fraction of sp³-hybridized carbons (Fsp3) is 0.143. The highest BCUT2D eigenvalue weighted by molar-refractivity contribution is 7.17. The number of aliphatic hydroxyl groups is 1. The molecule has 0 atom stereocenters. The molecule has 0 bridgehead atoms. The summed E-state index contributed by atoms with van der Waals surface area (Å²) in [5.74, 6) is -0.197. The van der Waals surface area contributed by atoms with Crippen molar-refractivity contribution in [3.63, 3.8) is 0 Å². The van der Waals surface area contributed by atoms with Crippen LogP contribution < -0.4 is 10.3 Å². The fourth-order valence-corrected chi connectivity index (χ4v) is 2.62. The lowest BCUT2D eigenvalue weighted by Crippen LogP contribution is -2.12. The highest BCUT2D eigenvalue weighted by atomic mass is 32.1. The van der Waals surface area contributed by atoms with E-state index in [2.05, 4.69) is 9.97 Å². The number of thiophene rings is 1. The molecule has 1 aromatic carbocycles. The van der Waals surface area contributed by atoms with Crippen molar-refractivity contribution in [2.75, 3.05) is 0 Å². The van der Waals surface area contributed by atoms with Crippen LogP contribution in [0.3, 0.4) is 0 Å². The molecule has 21 heavy (non-hydrogen) atoms. The van der Waals surface area contributed by atoms with Gasteiger partial charge in [0.15, 0.2) is 11.6 Å². The van der Waals surface area contributed by atoms with Gasteiger partial charge in [-0.1, -0.05) is 6.07 Å². The van der Waals surface area contributed by atoms with Gasteiger partial charge >= 0.3 is 0 Å². The second-order valence-electron chi connectivity index (χ2n) is 4.36. The maximum absolute atomic E-state index is 13.7. The number of hydrogen-bond donors (Lipinski definition) is 2. The van der Waals surface area contributed by atoms with Crippen LogP contribution in [0.4, 0.5) is 4.39 Å². The molecular weight excluding hydrogens is 295 g/mol. The van der Waals surface area contributed by atoms with Gasteiger partial charge in [0.05, 0.1) is 12.1 Å². The topological polar surface area (TPSA) is 75.2 Å². The van der Waals surface area contributed by atoms with E-state index in [4.69, 9.17) is 9.84 Å². The molecule has 2 heterocycles. The molecule has 0 saturated heterocycles. The first kappa shape index (κ1) is 13.7.